The van der Waals surface area contributed by atoms with Crippen molar-refractivity contribution in [2.24, 2.45) is 5.73 Å². The lowest BCUT2D eigenvalue weighted by molar-refractivity contribution is -0.0549. The molecule has 0 aliphatic carbocycles. The molecule has 0 aromatic carbocycles. The van der Waals surface area contributed by atoms with E-state index < -0.39 is 48.5 Å². The number of ether oxygens (including phenoxy) is 2. The average molecular weight is 583 g/mol. The van der Waals surface area contributed by atoms with E-state index >= 15 is 0 Å². The van der Waals surface area contributed by atoms with Crippen molar-refractivity contribution in [2.45, 2.75) is 24.9 Å². The maximum atomic E-state index is 12.1. The molecule has 20 heteroatoms. The zero-order valence-corrected chi connectivity index (χ0v) is 21.6. The van der Waals surface area contributed by atoms with E-state index in [2.05, 4.69) is 37.0 Å². The maximum absolute atomic E-state index is 12.1. The van der Waals surface area contributed by atoms with Gasteiger partial charge in [-0.05, 0) is 0 Å². The summed E-state index contributed by atoms with van der Waals surface area (Å²) in [6, 6.07) is 0. The van der Waals surface area contributed by atoms with Crippen LogP contribution in [0, 0.1) is 11.8 Å². The molecule has 0 amide bonds. The van der Waals surface area contributed by atoms with Crippen molar-refractivity contribution in [3.8, 4) is 11.8 Å². The Hall–Kier alpha value is -1.99. The standard InChI is InChI=1S/C17H24N5O12P3/c1-2-6-30-12-7-14(22-8-11(4-3-5-18)15-16(19)20-10-21-17(15)22)32-13(12)9-31-36(26,27)34-37(28,29)33-35(23,24)25/h2,8,10,12-14H,1,5-7,9,18H2,(H,26,27)(H,28,29)(H2,19,20,21)(H2,23,24,25)/t12-,13-,14-/m1/s1. The number of nitrogen functional groups attached to an aromatic ring is 1. The van der Waals surface area contributed by atoms with Crippen molar-refractivity contribution in [1.29, 1.82) is 0 Å². The van der Waals surface area contributed by atoms with E-state index in [1.807, 2.05) is 0 Å². The molecule has 17 nitrogen and oxygen atoms in total. The number of fused-ring (bicyclic) bond motifs is 1. The van der Waals surface area contributed by atoms with Gasteiger partial charge in [0.1, 0.15) is 30.1 Å². The van der Waals surface area contributed by atoms with Gasteiger partial charge in [-0.3, -0.25) is 4.52 Å². The van der Waals surface area contributed by atoms with Gasteiger partial charge in [0.2, 0.25) is 0 Å². The normalized spacial score (nSPS) is 23.2. The Morgan fingerprint density at radius 3 is 2.59 bits per heavy atom. The Morgan fingerprint density at radius 1 is 1.22 bits per heavy atom. The molecule has 1 saturated heterocycles. The first kappa shape index (κ1) is 29.6. The molecule has 2 unspecified atom stereocenters. The van der Waals surface area contributed by atoms with Crippen LogP contribution in [0.1, 0.15) is 18.2 Å². The molecule has 0 saturated carbocycles. The number of rotatable bonds is 11. The molecule has 1 aliphatic rings. The summed E-state index contributed by atoms with van der Waals surface area (Å²) in [5.41, 5.74) is 12.4. The molecule has 1 fully saturated rings. The summed E-state index contributed by atoms with van der Waals surface area (Å²) in [5.74, 6) is 5.78. The van der Waals surface area contributed by atoms with Gasteiger partial charge in [0.05, 0.1) is 36.8 Å². The second-order valence-electron chi connectivity index (χ2n) is 7.33. The van der Waals surface area contributed by atoms with Crippen molar-refractivity contribution in [3.05, 3.63) is 30.7 Å². The fraction of sp³-hybridized carbons (Fsp3) is 0.412. The Kier molecular flexibility index (Phi) is 9.44. The molecule has 204 valence electrons. The van der Waals surface area contributed by atoms with E-state index in [-0.39, 0.29) is 25.4 Å². The lowest BCUT2D eigenvalue weighted by Gasteiger charge is -2.21. The Bertz CT molecular complexity index is 1350. The van der Waals surface area contributed by atoms with Crippen molar-refractivity contribution >= 4 is 40.3 Å². The summed E-state index contributed by atoms with van der Waals surface area (Å²) in [4.78, 5) is 44.6. The van der Waals surface area contributed by atoms with Crippen molar-refractivity contribution in [3.63, 3.8) is 0 Å². The van der Waals surface area contributed by atoms with Gasteiger partial charge in [-0.1, -0.05) is 17.9 Å². The van der Waals surface area contributed by atoms with Gasteiger partial charge in [-0.25, -0.2) is 23.7 Å². The predicted octanol–water partition coefficient (Wildman–Crippen LogP) is 0.526. The van der Waals surface area contributed by atoms with Crippen LogP contribution in [0.15, 0.2) is 25.2 Å². The number of hydrogen-bond acceptors (Lipinski definition) is 12. The molecule has 8 N–H and O–H groups in total. The van der Waals surface area contributed by atoms with Crippen LogP contribution in [0.5, 0.6) is 0 Å². The van der Waals surface area contributed by atoms with Crippen LogP contribution < -0.4 is 11.5 Å². The molecular weight excluding hydrogens is 559 g/mol. The van der Waals surface area contributed by atoms with Gasteiger partial charge in [-0.2, -0.15) is 8.62 Å². The highest BCUT2D eigenvalue weighted by molar-refractivity contribution is 7.66. The Labute approximate surface area is 209 Å². The van der Waals surface area contributed by atoms with E-state index in [1.165, 1.54) is 12.4 Å². The van der Waals surface area contributed by atoms with E-state index in [4.69, 9.17) is 35.3 Å². The molecule has 0 bridgehead atoms. The molecule has 1 aliphatic heterocycles. The minimum Gasteiger partial charge on any atom is -0.383 e. The number of aromatic nitrogens is 3. The summed E-state index contributed by atoms with van der Waals surface area (Å²) in [7, 11) is -16.6. The van der Waals surface area contributed by atoms with Gasteiger partial charge in [-0.15, -0.1) is 6.58 Å². The minimum atomic E-state index is -5.67. The number of phosphoric acid groups is 3. The third-order valence-electron chi connectivity index (χ3n) is 4.70. The number of nitrogens with two attached hydrogens (primary N) is 2. The SMILES string of the molecule is C=CCO[C@@H]1C[C@H](n2cc(C#CCN)c3c(N)ncnc32)O[C@@H]1COP(=O)(O)OP(=O)(O)OP(=O)(O)O. The summed E-state index contributed by atoms with van der Waals surface area (Å²) in [6.45, 7) is 3.05. The second kappa shape index (κ2) is 11.8. The minimum absolute atomic E-state index is 0.0846. The van der Waals surface area contributed by atoms with Crippen LogP contribution in [0.4, 0.5) is 5.82 Å². The number of phosphoric ester groups is 1. The zero-order valence-electron chi connectivity index (χ0n) is 18.9. The van der Waals surface area contributed by atoms with Gasteiger partial charge >= 0.3 is 23.5 Å². The van der Waals surface area contributed by atoms with Gasteiger partial charge in [0, 0.05) is 12.6 Å². The number of hydrogen-bond donors (Lipinski definition) is 6. The zero-order chi connectivity index (χ0) is 27.4. The maximum Gasteiger partial charge on any atom is 0.490 e. The highest BCUT2D eigenvalue weighted by atomic mass is 31.3. The molecular formula is C17H24N5O12P3. The van der Waals surface area contributed by atoms with E-state index in [1.54, 1.807) is 10.8 Å². The average Bonchev–Trinajstić information content (AvgIpc) is 3.34. The molecule has 2 aromatic heterocycles. The van der Waals surface area contributed by atoms with Crippen LogP contribution in [-0.2, 0) is 36.3 Å². The smallest absolute Gasteiger partial charge is 0.383 e. The lowest BCUT2D eigenvalue weighted by Crippen LogP contribution is -2.29. The first-order valence-corrected chi connectivity index (χ1v) is 14.7. The first-order chi connectivity index (χ1) is 17.3. The quantitative estimate of drug-likeness (QED) is 0.120. The number of anilines is 1. The molecule has 0 spiro atoms. The van der Waals surface area contributed by atoms with E-state index in [0.29, 0.717) is 16.6 Å². The van der Waals surface area contributed by atoms with Crippen LogP contribution in [0.3, 0.4) is 0 Å². The largest absolute Gasteiger partial charge is 0.490 e. The van der Waals surface area contributed by atoms with Gasteiger partial charge in [0.25, 0.3) is 0 Å². The van der Waals surface area contributed by atoms with Crippen LogP contribution in [0.25, 0.3) is 11.0 Å². The van der Waals surface area contributed by atoms with E-state index in [0.717, 1.165) is 0 Å². The fourth-order valence-electron chi connectivity index (χ4n) is 3.43. The highest BCUT2D eigenvalue weighted by Gasteiger charge is 2.43. The van der Waals surface area contributed by atoms with Gasteiger partial charge in [0.15, 0.2) is 0 Å². The lowest BCUT2D eigenvalue weighted by atomic mass is 10.2. The monoisotopic (exact) mass is 583 g/mol. The number of nitrogens with zero attached hydrogens (tertiary/aromatic N) is 3. The third-order valence-corrected chi connectivity index (χ3v) is 8.50. The predicted molar refractivity (Wildman–Crippen MR) is 126 cm³/mol. The molecule has 0 radical (unpaired) electrons. The molecule has 5 atom stereocenters. The summed E-state index contributed by atoms with van der Waals surface area (Å²) < 4.78 is 59.9. The van der Waals surface area contributed by atoms with Gasteiger partial charge < -0.3 is 45.1 Å². The highest BCUT2D eigenvalue weighted by Crippen LogP contribution is 2.66. The topological polar surface area (TPSA) is 261 Å². The molecule has 2 aromatic rings. The van der Waals surface area contributed by atoms with Crippen LogP contribution >= 0.6 is 23.5 Å². The Morgan fingerprint density at radius 2 is 1.95 bits per heavy atom. The second-order valence-corrected chi connectivity index (χ2v) is 11.7. The first-order valence-electron chi connectivity index (χ1n) is 10.2. The molecule has 37 heavy (non-hydrogen) atoms. The fourth-order valence-corrected chi connectivity index (χ4v) is 6.46. The van der Waals surface area contributed by atoms with Crippen molar-refractivity contribution < 1.29 is 55.9 Å². The summed E-state index contributed by atoms with van der Waals surface area (Å²) in [5, 5.41) is 0.465. The summed E-state index contributed by atoms with van der Waals surface area (Å²) >= 11 is 0. The van der Waals surface area contributed by atoms with E-state index in [9.17, 15) is 23.5 Å². The molecule has 3 heterocycles. The summed E-state index contributed by atoms with van der Waals surface area (Å²) in [6.07, 6.45) is 2.02. The third kappa shape index (κ3) is 8.00. The van der Waals surface area contributed by atoms with Crippen LogP contribution in [-0.4, -0.2) is 66.1 Å². The van der Waals surface area contributed by atoms with Crippen molar-refractivity contribution in [1.82, 2.24) is 14.5 Å². The van der Waals surface area contributed by atoms with Crippen molar-refractivity contribution in [2.75, 3.05) is 25.5 Å². The molecule has 3 rings (SSSR count). The van der Waals surface area contributed by atoms with Crippen LogP contribution in [0.2, 0.25) is 0 Å². The Balaban J connectivity index is 1.82.